The van der Waals surface area contributed by atoms with Gasteiger partial charge in [-0.25, -0.2) is 0 Å². The van der Waals surface area contributed by atoms with Crippen LogP contribution >= 0.6 is 11.6 Å². The van der Waals surface area contributed by atoms with Crippen molar-refractivity contribution in [3.05, 3.63) is 11.1 Å². The van der Waals surface area contributed by atoms with Crippen LogP contribution in [0.5, 0.6) is 0 Å². The highest BCUT2D eigenvalue weighted by Gasteiger charge is 2.47. The molecule has 5 heteroatoms. The summed E-state index contributed by atoms with van der Waals surface area (Å²) in [5, 5.41) is 0.710. The van der Waals surface area contributed by atoms with Crippen molar-refractivity contribution in [1.29, 1.82) is 0 Å². The minimum absolute atomic E-state index is 0.0257. The van der Waals surface area contributed by atoms with Crippen molar-refractivity contribution in [2.24, 2.45) is 11.8 Å². The number of hydrogen-bond acceptors (Lipinski definition) is 3. The molecule has 0 N–H and O–H groups in total. The van der Waals surface area contributed by atoms with E-state index >= 15 is 0 Å². The standard InChI is InChI=1S/C12H17ClN2O2/c1-14(2)5-6-15-11(16)9-4-3-8(13)7-10(9)12(15)17/h3,9-10H,4-7H2,1-2H3/t9-,10+/m0/s1. The normalized spacial score (nSPS) is 28.7. The molecule has 4 nitrogen and oxygen atoms in total. The quantitative estimate of drug-likeness (QED) is 0.709. The summed E-state index contributed by atoms with van der Waals surface area (Å²) >= 11 is 5.94. The Labute approximate surface area is 106 Å². The number of carbonyl (C=O) groups excluding carboxylic acids is 2. The third-order valence-electron chi connectivity index (χ3n) is 3.43. The Hall–Kier alpha value is -0.870. The lowest BCUT2D eigenvalue weighted by Crippen LogP contribution is -2.36. The molecule has 0 unspecified atom stereocenters. The second-order valence-corrected chi connectivity index (χ2v) is 5.42. The van der Waals surface area contributed by atoms with Gasteiger partial charge in [-0.15, -0.1) is 0 Å². The topological polar surface area (TPSA) is 40.6 Å². The summed E-state index contributed by atoms with van der Waals surface area (Å²) in [6, 6.07) is 0. The van der Waals surface area contributed by atoms with Crippen molar-refractivity contribution in [2.45, 2.75) is 12.8 Å². The minimum Gasteiger partial charge on any atom is -0.308 e. The van der Waals surface area contributed by atoms with Crippen LogP contribution in [0.1, 0.15) is 12.8 Å². The fourth-order valence-electron chi connectivity index (χ4n) is 2.42. The number of likely N-dealkylation sites (N-methyl/N-ethyl adjacent to an activating group) is 1. The molecule has 2 aliphatic rings. The van der Waals surface area contributed by atoms with Gasteiger partial charge in [0, 0.05) is 18.1 Å². The first-order chi connectivity index (χ1) is 8.00. The van der Waals surface area contributed by atoms with Gasteiger partial charge in [-0.1, -0.05) is 17.7 Å². The minimum atomic E-state index is -0.220. The second-order valence-electron chi connectivity index (χ2n) is 4.94. The SMILES string of the molecule is CN(C)CCN1C(=O)[C@H]2CC=C(Cl)C[C@H]2C1=O. The summed E-state index contributed by atoms with van der Waals surface area (Å²) in [5.74, 6) is -0.468. The third kappa shape index (κ3) is 2.38. The van der Waals surface area contributed by atoms with Gasteiger partial charge in [-0.05, 0) is 26.9 Å². The third-order valence-corrected chi connectivity index (χ3v) is 3.74. The number of imide groups is 1. The van der Waals surface area contributed by atoms with Crippen LogP contribution in [0.15, 0.2) is 11.1 Å². The maximum absolute atomic E-state index is 12.1. The second kappa shape index (κ2) is 4.78. The Morgan fingerprint density at radius 1 is 1.35 bits per heavy atom. The number of hydrogen-bond donors (Lipinski definition) is 0. The molecule has 94 valence electrons. The highest BCUT2D eigenvalue weighted by atomic mass is 35.5. The zero-order chi connectivity index (χ0) is 12.6. The van der Waals surface area contributed by atoms with Crippen molar-refractivity contribution in [3.8, 4) is 0 Å². The number of carbonyl (C=O) groups is 2. The zero-order valence-electron chi connectivity index (χ0n) is 10.1. The molecule has 0 saturated carbocycles. The first-order valence-corrected chi connectivity index (χ1v) is 6.23. The summed E-state index contributed by atoms with van der Waals surface area (Å²) in [7, 11) is 3.85. The molecule has 2 amide bonds. The van der Waals surface area contributed by atoms with E-state index in [1.165, 1.54) is 4.90 Å². The predicted molar refractivity (Wildman–Crippen MR) is 65.4 cm³/mol. The Kier molecular flexibility index (Phi) is 3.54. The van der Waals surface area contributed by atoms with Crippen LogP contribution in [0.2, 0.25) is 0 Å². The van der Waals surface area contributed by atoms with E-state index in [-0.39, 0.29) is 23.7 Å². The zero-order valence-corrected chi connectivity index (χ0v) is 10.9. The van der Waals surface area contributed by atoms with Gasteiger partial charge in [0.05, 0.1) is 11.8 Å². The van der Waals surface area contributed by atoms with Crippen LogP contribution in [0.4, 0.5) is 0 Å². The number of halogens is 1. The molecule has 0 aromatic carbocycles. The molecule has 1 heterocycles. The van der Waals surface area contributed by atoms with E-state index in [4.69, 9.17) is 11.6 Å². The summed E-state index contributed by atoms with van der Waals surface area (Å²) in [6.07, 6.45) is 2.99. The van der Waals surface area contributed by atoms with Crippen molar-refractivity contribution in [2.75, 3.05) is 27.2 Å². The van der Waals surface area contributed by atoms with Crippen molar-refractivity contribution in [1.82, 2.24) is 9.80 Å². The molecule has 1 saturated heterocycles. The molecular weight excluding hydrogens is 240 g/mol. The number of rotatable bonds is 3. The van der Waals surface area contributed by atoms with E-state index in [2.05, 4.69) is 0 Å². The van der Waals surface area contributed by atoms with Crippen molar-refractivity contribution in [3.63, 3.8) is 0 Å². The van der Waals surface area contributed by atoms with Gasteiger partial charge in [-0.2, -0.15) is 0 Å². The van der Waals surface area contributed by atoms with E-state index in [1.807, 2.05) is 25.1 Å². The van der Waals surface area contributed by atoms with E-state index in [1.54, 1.807) is 0 Å². The summed E-state index contributed by atoms with van der Waals surface area (Å²) in [5.41, 5.74) is 0. The van der Waals surface area contributed by atoms with Gasteiger partial charge >= 0.3 is 0 Å². The Bertz CT molecular complexity index is 379. The monoisotopic (exact) mass is 256 g/mol. The number of allylic oxidation sites excluding steroid dienone is 2. The van der Waals surface area contributed by atoms with Crippen molar-refractivity contribution < 1.29 is 9.59 Å². The van der Waals surface area contributed by atoms with Crippen molar-refractivity contribution >= 4 is 23.4 Å². The Morgan fingerprint density at radius 3 is 2.65 bits per heavy atom. The number of nitrogens with zero attached hydrogens (tertiary/aromatic N) is 2. The van der Waals surface area contributed by atoms with Crippen LogP contribution in [-0.4, -0.2) is 48.8 Å². The molecule has 0 spiro atoms. The average molecular weight is 257 g/mol. The van der Waals surface area contributed by atoms with Crippen LogP contribution in [-0.2, 0) is 9.59 Å². The predicted octanol–water partition coefficient (Wildman–Crippen LogP) is 1.07. The molecule has 0 bridgehead atoms. The molecule has 1 fully saturated rings. The molecule has 0 aromatic rings. The van der Waals surface area contributed by atoms with E-state index in [0.717, 1.165) is 0 Å². The summed E-state index contributed by atoms with van der Waals surface area (Å²) in [6.45, 7) is 1.19. The molecule has 2 atom stereocenters. The number of amides is 2. The van der Waals surface area contributed by atoms with Crippen LogP contribution < -0.4 is 0 Å². The van der Waals surface area contributed by atoms with Gasteiger partial charge in [-0.3, -0.25) is 14.5 Å². The smallest absolute Gasteiger partial charge is 0.233 e. The molecule has 0 radical (unpaired) electrons. The maximum atomic E-state index is 12.1. The lowest BCUT2D eigenvalue weighted by molar-refractivity contribution is -0.140. The van der Waals surface area contributed by atoms with Crippen LogP contribution in [0, 0.1) is 11.8 Å². The first kappa shape index (κ1) is 12.6. The molecule has 0 aromatic heterocycles. The Morgan fingerprint density at radius 2 is 2.00 bits per heavy atom. The number of likely N-dealkylation sites (tertiary alicyclic amines) is 1. The van der Waals surface area contributed by atoms with Crippen LogP contribution in [0.25, 0.3) is 0 Å². The first-order valence-electron chi connectivity index (χ1n) is 5.85. The van der Waals surface area contributed by atoms with Crippen LogP contribution in [0.3, 0.4) is 0 Å². The van der Waals surface area contributed by atoms with Gasteiger partial charge in [0.2, 0.25) is 11.8 Å². The van der Waals surface area contributed by atoms with E-state index in [0.29, 0.717) is 31.0 Å². The highest BCUT2D eigenvalue weighted by Crippen LogP contribution is 2.38. The highest BCUT2D eigenvalue weighted by molar-refractivity contribution is 6.30. The molecule has 2 rings (SSSR count). The van der Waals surface area contributed by atoms with Gasteiger partial charge in [0.15, 0.2) is 0 Å². The Balaban J connectivity index is 2.08. The molecule has 17 heavy (non-hydrogen) atoms. The average Bonchev–Trinajstić information content (AvgIpc) is 2.49. The lowest BCUT2D eigenvalue weighted by atomic mass is 9.85. The fourth-order valence-corrected chi connectivity index (χ4v) is 2.67. The summed E-state index contributed by atoms with van der Waals surface area (Å²) < 4.78 is 0. The largest absolute Gasteiger partial charge is 0.308 e. The van der Waals surface area contributed by atoms with Gasteiger partial charge < -0.3 is 4.90 Å². The molecular formula is C12H17ClN2O2. The van der Waals surface area contributed by atoms with E-state index < -0.39 is 0 Å². The molecule has 1 aliphatic heterocycles. The fraction of sp³-hybridized carbons (Fsp3) is 0.667. The number of fused-ring (bicyclic) bond motifs is 1. The molecule has 1 aliphatic carbocycles. The maximum Gasteiger partial charge on any atom is 0.233 e. The summed E-state index contributed by atoms with van der Waals surface area (Å²) in [4.78, 5) is 27.6. The van der Waals surface area contributed by atoms with Gasteiger partial charge in [0.25, 0.3) is 0 Å². The van der Waals surface area contributed by atoms with E-state index in [9.17, 15) is 9.59 Å². The van der Waals surface area contributed by atoms with Gasteiger partial charge in [0.1, 0.15) is 0 Å². The lowest BCUT2D eigenvalue weighted by Gasteiger charge is -2.17.